The fourth-order valence-electron chi connectivity index (χ4n) is 4.36. The standard InChI is InChI=1S/C27H39F3N3O9P/c1-2-3-12-20(32-26(38)40-17-19-10-5-4-6-11-19)18-41-43(39)42-22(14-7-8-15-31-25(37)27(28,29)30)23(34)33-16-9-13-21(33)24(35)36/h4-6,10-11,20-22,43H,2-3,7-9,12-18H2,1H3,(H,31,37)(H,32,38)(H,35,36)/t20?,21-,22-/m0/s1. The molecule has 1 saturated heterocycles. The highest BCUT2D eigenvalue weighted by Gasteiger charge is 2.39. The molecule has 0 bridgehead atoms. The molecule has 4 atom stereocenters. The number of ether oxygens (including phenoxy) is 1. The number of alkyl carbamates (subject to hydrolysis) is 1. The summed E-state index contributed by atoms with van der Waals surface area (Å²) >= 11 is 0. The monoisotopic (exact) mass is 637 g/mol. The van der Waals surface area contributed by atoms with Crippen molar-refractivity contribution in [1.82, 2.24) is 15.5 Å². The molecular weight excluding hydrogens is 598 g/mol. The van der Waals surface area contributed by atoms with Crippen molar-refractivity contribution in [3.63, 3.8) is 0 Å². The van der Waals surface area contributed by atoms with E-state index in [0.29, 0.717) is 19.3 Å². The van der Waals surface area contributed by atoms with Crippen LogP contribution in [0.3, 0.4) is 0 Å². The first-order chi connectivity index (χ1) is 20.4. The Morgan fingerprint density at radius 2 is 1.84 bits per heavy atom. The first kappa shape index (κ1) is 36.0. The van der Waals surface area contributed by atoms with Crippen molar-refractivity contribution in [3.8, 4) is 0 Å². The number of benzene rings is 1. The van der Waals surface area contributed by atoms with Crippen LogP contribution in [-0.4, -0.2) is 77.9 Å². The molecule has 43 heavy (non-hydrogen) atoms. The van der Waals surface area contributed by atoms with Crippen LogP contribution < -0.4 is 10.6 Å². The first-order valence-electron chi connectivity index (χ1n) is 14.1. The van der Waals surface area contributed by atoms with E-state index < -0.39 is 56.5 Å². The minimum atomic E-state index is -5.02. The largest absolute Gasteiger partial charge is 0.480 e. The fourth-order valence-corrected chi connectivity index (χ4v) is 5.22. The zero-order valence-corrected chi connectivity index (χ0v) is 24.9. The van der Waals surface area contributed by atoms with Crippen LogP contribution in [0.4, 0.5) is 18.0 Å². The molecular formula is C27H39F3N3O9P. The summed E-state index contributed by atoms with van der Waals surface area (Å²) in [5.41, 5.74) is 0.791. The topological polar surface area (TPSA) is 161 Å². The van der Waals surface area contributed by atoms with Crippen LogP contribution in [0.15, 0.2) is 30.3 Å². The smallest absolute Gasteiger partial charge is 0.471 e. The Bertz CT molecular complexity index is 1080. The number of carbonyl (C=O) groups excluding carboxylic acids is 3. The summed E-state index contributed by atoms with van der Waals surface area (Å²) in [6, 6.07) is 7.37. The van der Waals surface area contributed by atoms with Crippen LogP contribution in [0, 0.1) is 0 Å². The Hall–Kier alpha value is -3.16. The lowest BCUT2D eigenvalue weighted by atomic mass is 10.1. The van der Waals surface area contributed by atoms with Gasteiger partial charge in [0.15, 0.2) is 0 Å². The van der Waals surface area contributed by atoms with Crippen molar-refractivity contribution in [2.75, 3.05) is 19.7 Å². The minimum absolute atomic E-state index is 0.0469. The molecule has 1 aromatic carbocycles. The summed E-state index contributed by atoms with van der Waals surface area (Å²) in [6.07, 6.45) is -4.39. The lowest BCUT2D eigenvalue weighted by Crippen LogP contribution is -2.46. The molecule has 1 aliphatic heterocycles. The summed E-state index contributed by atoms with van der Waals surface area (Å²) in [6.45, 7) is 1.60. The predicted molar refractivity (Wildman–Crippen MR) is 148 cm³/mol. The maximum atomic E-state index is 13.2. The van der Waals surface area contributed by atoms with Crippen molar-refractivity contribution in [2.24, 2.45) is 0 Å². The molecule has 0 radical (unpaired) electrons. The number of aliphatic carboxylic acids is 1. The number of carbonyl (C=O) groups is 4. The van der Waals surface area contributed by atoms with E-state index in [1.165, 1.54) is 0 Å². The molecule has 1 aliphatic rings. The minimum Gasteiger partial charge on any atom is -0.480 e. The van der Waals surface area contributed by atoms with Crippen molar-refractivity contribution >= 4 is 32.1 Å². The van der Waals surface area contributed by atoms with Gasteiger partial charge < -0.3 is 29.9 Å². The highest BCUT2D eigenvalue weighted by atomic mass is 31.1. The van der Waals surface area contributed by atoms with Gasteiger partial charge in [0, 0.05) is 13.1 Å². The molecule has 242 valence electrons. The Morgan fingerprint density at radius 1 is 1.12 bits per heavy atom. The van der Waals surface area contributed by atoms with Gasteiger partial charge in [-0.15, -0.1) is 0 Å². The number of alkyl halides is 3. The van der Waals surface area contributed by atoms with E-state index >= 15 is 0 Å². The van der Waals surface area contributed by atoms with Gasteiger partial charge in [-0.1, -0.05) is 50.1 Å². The van der Waals surface area contributed by atoms with Crippen LogP contribution in [-0.2, 0) is 39.3 Å². The van der Waals surface area contributed by atoms with Gasteiger partial charge in [0.05, 0.1) is 12.6 Å². The normalized spacial score (nSPS) is 17.1. The maximum Gasteiger partial charge on any atom is 0.471 e. The van der Waals surface area contributed by atoms with Crippen molar-refractivity contribution in [2.45, 2.75) is 89.3 Å². The maximum absolute atomic E-state index is 13.2. The third-order valence-corrected chi connectivity index (χ3v) is 7.49. The van der Waals surface area contributed by atoms with Gasteiger partial charge in [-0.3, -0.25) is 18.7 Å². The number of likely N-dealkylation sites (tertiary alicyclic amines) is 1. The summed E-state index contributed by atoms with van der Waals surface area (Å²) in [7, 11) is -3.34. The Morgan fingerprint density at radius 3 is 2.49 bits per heavy atom. The number of rotatable bonds is 18. The van der Waals surface area contributed by atoms with E-state index in [9.17, 15) is 42.0 Å². The number of nitrogens with zero attached hydrogens (tertiary/aromatic N) is 1. The number of hydrogen-bond donors (Lipinski definition) is 3. The Labute approximate surface area is 248 Å². The summed E-state index contributed by atoms with van der Waals surface area (Å²) < 4.78 is 65.9. The molecule has 0 aliphatic carbocycles. The second-order valence-corrected chi connectivity index (χ2v) is 11.0. The lowest BCUT2D eigenvalue weighted by Gasteiger charge is -2.27. The van der Waals surface area contributed by atoms with Gasteiger partial charge in [0.25, 0.3) is 5.91 Å². The highest BCUT2D eigenvalue weighted by Crippen LogP contribution is 2.31. The van der Waals surface area contributed by atoms with E-state index in [2.05, 4.69) is 5.32 Å². The second-order valence-electron chi connectivity index (χ2n) is 9.99. The van der Waals surface area contributed by atoms with E-state index in [1.54, 1.807) is 17.4 Å². The SMILES string of the molecule is CCCCC(CO[PH](=O)O[C@@H](CCCCNC(=O)C(F)(F)F)C(=O)N1CCC[C@H]1C(=O)O)NC(=O)OCc1ccccc1. The van der Waals surface area contributed by atoms with E-state index in [1.807, 2.05) is 25.1 Å². The molecule has 3 N–H and O–H groups in total. The number of halogens is 3. The van der Waals surface area contributed by atoms with Gasteiger partial charge in [-0.25, -0.2) is 9.59 Å². The van der Waals surface area contributed by atoms with Crippen LogP contribution in [0.25, 0.3) is 0 Å². The lowest BCUT2D eigenvalue weighted by molar-refractivity contribution is -0.173. The number of nitrogens with one attached hydrogen (secondary N) is 2. The summed E-state index contributed by atoms with van der Waals surface area (Å²) in [4.78, 5) is 49.2. The molecule has 1 heterocycles. The molecule has 2 unspecified atom stereocenters. The molecule has 3 amide bonds. The van der Waals surface area contributed by atoms with Gasteiger partial charge in [0.2, 0.25) is 0 Å². The average Bonchev–Trinajstić information content (AvgIpc) is 3.47. The zero-order valence-electron chi connectivity index (χ0n) is 23.9. The molecule has 2 rings (SSSR count). The van der Waals surface area contributed by atoms with Gasteiger partial charge in [-0.05, 0) is 44.1 Å². The van der Waals surface area contributed by atoms with E-state index in [0.717, 1.165) is 16.9 Å². The third-order valence-electron chi connectivity index (χ3n) is 6.61. The van der Waals surface area contributed by atoms with E-state index in [-0.39, 0.29) is 52.0 Å². The number of amides is 3. The number of unbranched alkanes of at least 4 members (excludes halogenated alkanes) is 2. The van der Waals surface area contributed by atoms with Crippen LogP contribution in [0.1, 0.15) is 63.9 Å². The van der Waals surface area contributed by atoms with Crippen molar-refractivity contribution in [1.29, 1.82) is 0 Å². The van der Waals surface area contributed by atoms with Gasteiger partial charge in [0.1, 0.15) is 18.8 Å². The number of hydrogen-bond acceptors (Lipinski definition) is 8. The summed E-state index contributed by atoms with van der Waals surface area (Å²) in [5.74, 6) is -4.02. The van der Waals surface area contributed by atoms with Crippen LogP contribution in [0.2, 0.25) is 0 Å². The Balaban J connectivity index is 1.95. The van der Waals surface area contributed by atoms with Gasteiger partial charge >= 0.3 is 32.4 Å². The molecule has 12 nitrogen and oxygen atoms in total. The highest BCUT2D eigenvalue weighted by molar-refractivity contribution is 7.33. The van der Waals surface area contributed by atoms with E-state index in [4.69, 9.17) is 13.8 Å². The third kappa shape index (κ3) is 13.3. The average molecular weight is 638 g/mol. The summed E-state index contributed by atoms with van der Waals surface area (Å²) in [5, 5.41) is 13.8. The van der Waals surface area contributed by atoms with Crippen molar-refractivity contribution < 1.29 is 55.8 Å². The van der Waals surface area contributed by atoms with Gasteiger partial charge in [-0.2, -0.15) is 13.2 Å². The molecule has 0 aromatic heterocycles. The Kier molecular flexibility index (Phi) is 15.5. The number of carboxylic acid groups (broad SMARTS) is 1. The van der Waals surface area contributed by atoms with Crippen LogP contribution in [0.5, 0.6) is 0 Å². The first-order valence-corrected chi connectivity index (χ1v) is 15.3. The second kappa shape index (κ2) is 18.5. The molecule has 0 saturated carbocycles. The fraction of sp³-hybridized carbons (Fsp3) is 0.630. The van der Waals surface area contributed by atoms with Crippen LogP contribution >= 0.6 is 8.25 Å². The molecule has 0 spiro atoms. The predicted octanol–water partition coefficient (Wildman–Crippen LogP) is 4.19. The molecule has 1 fully saturated rings. The van der Waals surface area contributed by atoms with Crippen molar-refractivity contribution in [3.05, 3.63) is 35.9 Å². The molecule has 1 aromatic rings. The molecule has 16 heteroatoms. The zero-order chi connectivity index (χ0) is 31.8. The number of carboxylic acids is 1. The quantitative estimate of drug-likeness (QED) is 0.158.